The molecule has 6 nitrogen and oxygen atoms in total. The minimum Gasteiger partial charge on any atom is -0.385 e. The molecule has 1 amide bonds. The molecule has 0 saturated heterocycles. The molecule has 0 aliphatic rings. The number of anilines is 1. The second kappa shape index (κ2) is 9.01. The van der Waals surface area contributed by atoms with Gasteiger partial charge in [-0.05, 0) is 36.6 Å². The largest absolute Gasteiger partial charge is 0.385 e. The van der Waals surface area contributed by atoms with Gasteiger partial charge in [0.05, 0.1) is 11.9 Å². The zero-order chi connectivity index (χ0) is 18.2. The molecule has 1 aromatic carbocycles. The fourth-order valence-corrected chi connectivity index (χ4v) is 2.82. The minimum absolute atomic E-state index is 0.161. The zero-order valence-corrected chi connectivity index (χ0v) is 14.9. The lowest BCUT2D eigenvalue weighted by atomic mass is 10.1. The molecule has 136 valence electrons. The van der Waals surface area contributed by atoms with Gasteiger partial charge in [-0.3, -0.25) is 4.79 Å². The van der Waals surface area contributed by atoms with Crippen molar-refractivity contribution in [2.45, 2.75) is 12.8 Å². The summed E-state index contributed by atoms with van der Waals surface area (Å²) in [6.07, 6.45) is 5.45. The van der Waals surface area contributed by atoms with Gasteiger partial charge in [0.15, 0.2) is 0 Å². The molecule has 0 spiro atoms. The minimum atomic E-state index is -0.161. The Labute approximate surface area is 153 Å². The van der Waals surface area contributed by atoms with Gasteiger partial charge in [0, 0.05) is 43.9 Å². The second-order valence-electron chi connectivity index (χ2n) is 6.07. The number of benzene rings is 1. The number of hydrogen-bond donors (Lipinski definition) is 3. The van der Waals surface area contributed by atoms with E-state index >= 15 is 0 Å². The monoisotopic (exact) mass is 352 g/mol. The number of amides is 1. The Morgan fingerprint density at radius 2 is 2.08 bits per heavy atom. The van der Waals surface area contributed by atoms with Crippen LogP contribution in [0, 0.1) is 0 Å². The maximum Gasteiger partial charge on any atom is 0.269 e. The van der Waals surface area contributed by atoms with Gasteiger partial charge in [-0.15, -0.1) is 0 Å². The summed E-state index contributed by atoms with van der Waals surface area (Å²) in [7, 11) is 1.65. The zero-order valence-electron chi connectivity index (χ0n) is 14.9. The number of ether oxygens (including phenoxy) is 1. The number of nitrogens with zero attached hydrogens (tertiary/aromatic N) is 1. The molecule has 3 rings (SSSR count). The second-order valence-corrected chi connectivity index (χ2v) is 6.07. The number of nitrogens with one attached hydrogen (secondary N) is 3. The first-order valence-electron chi connectivity index (χ1n) is 8.80. The third kappa shape index (κ3) is 4.61. The van der Waals surface area contributed by atoms with Crippen molar-refractivity contribution < 1.29 is 9.53 Å². The standard InChI is InChI=1S/C20H24N4O2/c1-26-12-4-10-22-20(25)19-8-7-16(14-24-19)21-11-9-15-13-23-18-6-3-2-5-17(15)18/h2-3,5-8,13-14,21,23H,4,9-12H2,1H3,(H,22,25). The Kier molecular flexibility index (Phi) is 6.22. The van der Waals surface area contributed by atoms with Crippen molar-refractivity contribution >= 4 is 22.5 Å². The Morgan fingerprint density at radius 1 is 1.19 bits per heavy atom. The van der Waals surface area contributed by atoms with E-state index in [2.05, 4.69) is 45.0 Å². The summed E-state index contributed by atoms with van der Waals surface area (Å²) in [5.74, 6) is -0.161. The lowest BCUT2D eigenvalue weighted by Gasteiger charge is -2.07. The highest BCUT2D eigenvalue weighted by atomic mass is 16.5. The Hall–Kier alpha value is -2.86. The summed E-state index contributed by atoms with van der Waals surface area (Å²) in [5.41, 5.74) is 3.77. The number of methoxy groups -OCH3 is 1. The first-order chi connectivity index (χ1) is 12.8. The van der Waals surface area contributed by atoms with E-state index in [0.717, 1.165) is 30.6 Å². The predicted octanol–water partition coefficient (Wildman–Crippen LogP) is 2.98. The number of aromatic amines is 1. The average molecular weight is 352 g/mol. The molecule has 0 radical (unpaired) electrons. The third-order valence-corrected chi connectivity index (χ3v) is 4.21. The molecule has 3 aromatic rings. The highest BCUT2D eigenvalue weighted by molar-refractivity contribution is 5.92. The van der Waals surface area contributed by atoms with Crippen LogP contribution in [0.3, 0.4) is 0 Å². The van der Waals surface area contributed by atoms with Crippen molar-refractivity contribution in [3.8, 4) is 0 Å². The van der Waals surface area contributed by atoms with E-state index in [4.69, 9.17) is 4.74 Å². The fraction of sp³-hybridized carbons (Fsp3) is 0.300. The van der Waals surface area contributed by atoms with E-state index in [-0.39, 0.29) is 5.91 Å². The van der Waals surface area contributed by atoms with Crippen LogP contribution in [0.1, 0.15) is 22.5 Å². The third-order valence-electron chi connectivity index (χ3n) is 4.21. The van der Waals surface area contributed by atoms with Gasteiger partial charge in [-0.2, -0.15) is 0 Å². The van der Waals surface area contributed by atoms with Crippen LogP contribution in [0.15, 0.2) is 48.8 Å². The van der Waals surface area contributed by atoms with Gasteiger partial charge >= 0.3 is 0 Å². The molecule has 2 aromatic heterocycles. The molecule has 26 heavy (non-hydrogen) atoms. The van der Waals surface area contributed by atoms with Gasteiger partial charge < -0.3 is 20.4 Å². The normalized spacial score (nSPS) is 10.8. The molecule has 0 bridgehead atoms. The average Bonchev–Trinajstić information content (AvgIpc) is 3.09. The summed E-state index contributed by atoms with van der Waals surface area (Å²) in [6, 6.07) is 11.9. The molecule has 0 fully saturated rings. The highest BCUT2D eigenvalue weighted by Gasteiger charge is 2.06. The van der Waals surface area contributed by atoms with Crippen molar-refractivity contribution in [1.82, 2.24) is 15.3 Å². The molecular formula is C20H24N4O2. The van der Waals surface area contributed by atoms with Crippen molar-refractivity contribution in [2.75, 3.05) is 32.1 Å². The number of pyridine rings is 1. The number of rotatable bonds is 9. The van der Waals surface area contributed by atoms with Gasteiger partial charge in [0.2, 0.25) is 0 Å². The molecule has 6 heteroatoms. The molecule has 0 atom stereocenters. The smallest absolute Gasteiger partial charge is 0.269 e. The number of fused-ring (bicyclic) bond motifs is 1. The van der Waals surface area contributed by atoms with E-state index in [9.17, 15) is 4.79 Å². The number of aromatic nitrogens is 2. The van der Waals surface area contributed by atoms with Crippen LogP contribution in [0.2, 0.25) is 0 Å². The van der Waals surface area contributed by atoms with E-state index in [1.54, 1.807) is 19.4 Å². The summed E-state index contributed by atoms with van der Waals surface area (Å²) in [6.45, 7) is 2.01. The van der Waals surface area contributed by atoms with E-state index in [0.29, 0.717) is 18.8 Å². The quantitative estimate of drug-likeness (QED) is 0.517. The van der Waals surface area contributed by atoms with Crippen LogP contribution in [0.5, 0.6) is 0 Å². The maximum atomic E-state index is 12.0. The number of para-hydroxylation sites is 1. The Morgan fingerprint density at radius 3 is 2.88 bits per heavy atom. The van der Waals surface area contributed by atoms with Crippen LogP contribution >= 0.6 is 0 Å². The number of carbonyl (C=O) groups excluding carboxylic acids is 1. The molecule has 3 N–H and O–H groups in total. The lowest BCUT2D eigenvalue weighted by Crippen LogP contribution is -2.26. The topological polar surface area (TPSA) is 79.0 Å². The number of H-pyrrole nitrogens is 1. The lowest BCUT2D eigenvalue weighted by molar-refractivity contribution is 0.0943. The van der Waals surface area contributed by atoms with Gasteiger partial charge in [0.1, 0.15) is 5.69 Å². The van der Waals surface area contributed by atoms with E-state index in [1.165, 1.54) is 10.9 Å². The van der Waals surface area contributed by atoms with Crippen LogP contribution in [0.4, 0.5) is 5.69 Å². The number of carbonyl (C=O) groups is 1. The molecule has 0 unspecified atom stereocenters. The van der Waals surface area contributed by atoms with Gasteiger partial charge in [-0.1, -0.05) is 18.2 Å². The van der Waals surface area contributed by atoms with Crippen LogP contribution < -0.4 is 10.6 Å². The van der Waals surface area contributed by atoms with E-state index in [1.807, 2.05) is 12.1 Å². The van der Waals surface area contributed by atoms with E-state index < -0.39 is 0 Å². The predicted molar refractivity (Wildman–Crippen MR) is 104 cm³/mol. The molecule has 0 aliphatic carbocycles. The molecule has 0 saturated carbocycles. The summed E-state index contributed by atoms with van der Waals surface area (Å²) in [4.78, 5) is 19.5. The highest BCUT2D eigenvalue weighted by Crippen LogP contribution is 2.18. The van der Waals surface area contributed by atoms with Crippen molar-refractivity contribution in [2.24, 2.45) is 0 Å². The van der Waals surface area contributed by atoms with Crippen LogP contribution in [-0.4, -0.2) is 42.7 Å². The molecular weight excluding hydrogens is 328 g/mol. The summed E-state index contributed by atoms with van der Waals surface area (Å²) >= 11 is 0. The van der Waals surface area contributed by atoms with Crippen molar-refractivity contribution in [3.63, 3.8) is 0 Å². The van der Waals surface area contributed by atoms with Crippen LogP contribution in [0.25, 0.3) is 10.9 Å². The maximum absolute atomic E-state index is 12.0. The SMILES string of the molecule is COCCCNC(=O)c1ccc(NCCc2c[nH]c3ccccc23)cn1. The van der Waals surface area contributed by atoms with Crippen molar-refractivity contribution in [1.29, 1.82) is 0 Å². The van der Waals surface area contributed by atoms with Crippen LogP contribution in [-0.2, 0) is 11.2 Å². The molecule has 0 aliphatic heterocycles. The fourth-order valence-electron chi connectivity index (χ4n) is 2.82. The first kappa shape index (κ1) is 17.9. The number of hydrogen-bond acceptors (Lipinski definition) is 4. The first-order valence-corrected chi connectivity index (χ1v) is 8.80. The van der Waals surface area contributed by atoms with Crippen molar-refractivity contribution in [3.05, 3.63) is 60.0 Å². The summed E-state index contributed by atoms with van der Waals surface area (Å²) in [5, 5.41) is 7.43. The summed E-state index contributed by atoms with van der Waals surface area (Å²) < 4.78 is 4.96. The van der Waals surface area contributed by atoms with Gasteiger partial charge in [0.25, 0.3) is 5.91 Å². The Bertz CT molecular complexity index is 842. The Balaban J connectivity index is 1.47. The molecule has 2 heterocycles. The van der Waals surface area contributed by atoms with Gasteiger partial charge in [-0.25, -0.2) is 4.98 Å².